The molecule has 158 valence electrons. The quantitative estimate of drug-likeness (QED) is 0.301. The lowest BCUT2D eigenvalue weighted by atomic mass is 10.2. The van der Waals surface area contributed by atoms with Gasteiger partial charge in [-0.3, -0.25) is 9.20 Å². The number of nitrogens with zero attached hydrogens (tertiary/aromatic N) is 4. The van der Waals surface area contributed by atoms with Gasteiger partial charge in [-0.05, 0) is 57.2 Å². The van der Waals surface area contributed by atoms with E-state index in [1.165, 1.54) is 0 Å². The van der Waals surface area contributed by atoms with E-state index < -0.39 is 0 Å². The molecule has 4 rings (SSSR count). The van der Waals surface area contributed by atoms with Crippen molar-refractivity contribution >= 4 is 52.6 Å². The Hall–Kier alpha value is -2.80. The van der Waals surface area contributed by atoms with Gasteiger partial charge >= 0.3 is 0 Å². The highest BCUT2D eigenvalue weighted by molar-refractivity contribution is 6.34. The van der Waals surface area contributed by atoms with E-state index >= 15 is 0 Å². The molecule has 0 saturated heterocycles. The molecule has 3 heterocycles. The van der Waals surface area contributed by atoms with Crippen LogP contribution in [-0.2, 0) is 0 Å². The predicted molar refractivity (Wildman–Crippen MR) is 125 cm³/mol. The number of hydrogen-bond acceptors (Lipinski definition) is 3. The topological polar surface area (TPSA) is 63.7 Å². The molecular formula is C22H18Cl3N5O. The van der Waals surface area contributed by atoms with Crippen molar-refractivity contribution in [3.8, 4) is 5.69 Å². The van der Waals surface area contributed by atoms with Gasteiger partial charge in [0, 0.05) is 28.2 Å². The molecule has 0 bridgehead atoms. The van der Waals surface area contributed by atoms with Crippen LogP contribution in [0.5, 0.6) is 0 Å². The number of pyridine rings is 1. The summed E-state index contributed by atoms with van der Waals surface area (Å²) in [4.78, 5) is 17.1. The predicted octanol–water partition coefficient (Wildman–Crippen LogP) is 5.77. The monoisotopic (exact) mass is 473 g/mol. The molecule has 1 aromatic carbocycles. The maximum atomic E-state index is 12.7. The molecule has 3 aromatic heterocycles. The van der Waals surface area contributed by atoms with Crippen LogP contribution in [0.1, 0.15) is 33.1 Å². The SMILES string of the molecule is Cc1nc2ccc(Cl)cn2c1C(=O)N/N=C\c1cc(C)n(-c2cc(Cl)ccc2Cl)c1C. The fourth-order valence-corrected chi connectivity index (χ4v) is 4.10. The average molecular weight is 475 g/mol. The van der Waals surface area contributed by atoms with Crippen LogP contribution in [-0.4, -0.2) is 26.1 Å². The van der Waals surface area contributed by atoms with Crippen LogP contribution in [0.15, 0.2) is 47.7 Å². The number of fused-ring (bicyclic) bond motifs is 1. The van der Waals surface area contributed by atoms with E-state index in [1.54, 1.807) is 48.0 Å². The average Bonchev–Trinajstić information content (AvgIpc) is 3.18. The number of nitrogens with one attached hydrogen (secondary N) is 1. The highest BCUT2D eigenvalue weighted by Crippen LogP contribution is 2.28. The lowest BCUT2D eigenvalue weighted by molar-refractivity contribution is 0.0948. The molecule has 0 unspecified atom stereocenters. The fraction of sp³-hybridized carbons (Fsp3) is 0.136. The second kappa shape index (κ2) is 8.38. The summed E-state index contributed by atoms with van der Waals surface area (Å²) in [5.41, 5.74) is 7.67. The third kappa shape index (κ3) is 4.06. The number of hydrazone groups is 1. The van der Waals surface area contributed by atoms with E-state index in [-0.39, 0.29) is 5.91 Å². The first-order valence-corrected chi connectivity index (χ1v) is 10.5. The van der Waals surface area contributed by atoms with Gasteiger partial charge in [-0.15, -0.1) is 0 Å². The molecule has 0 aliphatic heterocycles. The standard InChI is InChI=1S/C22H18Cl3N5O/c1-12-8-15(14(3)30(12)19-9-16(23)4-6-18(19)25)10-26-28-22(31)21-13(2)27-20-7-5-17(24)11-29(20)21/h4-11H,1-3H3,(H,28,31)/b26-10-. The van der Waals surface area contributed by atoms with Gasteiger partial charge in [-0.2, -0.15) is 5.10 Å². The Balaban J connectivity index is 1.61. The van der Waals surface area contributed by atoms with Gasteiger partial charge < -0.3 is 4.57 Å². The first-order chi connectivity index (χ1) is 14.8. The fourth-order valence-electron chi connectivity index (χ4n) is 3.57. The number of hydrogen-bond donors (Lipinski definition) is 1. The minimum Gasteiger partial charge on any atom is -0.316 e. The van der Waals surface area contributed by atoms with Crippen molar-refractivity contribution in [3.05, 3.63) is 86.0 Å². The summed E-state index contributed by atoms with van der Waals surface area (Å²) in [6.45, 7) is 5.68. The van der Waals surface area contributed by atoms with Crippen LogP contribution in [0, 0.1) is 20.8 Å². The van der Waals surface area contributed by atoms with E-state index in [4.69, 9.17) is 34.8 Å². The van der Waals surface area contributed by atoms with E-state index in [1.807, 2.05) is 30.5 Å². The summed E-state index contributed by atoms with van der Waals surface area (Å²) < 4.78 is 3.64. The molecule has 0 spiro atoms. The zero-order chi connectivity index (χ0) is 22.3. The Morgan fingerprint density at radius 1 is 1.06 bits per heavy atom. The minimum atomic E-state index is -0.379. The molecule has 0 atom stereocenters. The van der Waals surface area contributed by atoms with Gasteiger partial charge in [0.25, 0.3) is 5.91 Å². The smallest absolute Gasteiger partial charge is 0.290 e. The van der Waals surface area contributed by atoms with Gasteiger partial charge in [0.15, 0.2) is 0 Å². The Morgan fingerprint density at radius 2 is 1.81 bits per heavy atom. The number of benzene rings is 1. The molecule has 6 nitrogen and oxygen atoms in total. The molecular weight excluding hydrogens is 457 g/mol. The normalized spacial score (nSPS) is 11.5. The van der Waals surface area contributed by atoms with Gasteiger partial charge in [0.1, 0.15) is 11.3 Å². The van der Waals surface area contributed by atoms with Crippen molar-refractivity contribution in [1.29, 1.82) is 0 Å². The summed E-state index contributed by atoms with van der Waals surface area (Å²) in [7, 11) is 0. The van der Waals surface area contributed by atoms with Crippen molar-refractivity contribution in [1.82, 2.24) is 19.4 Å². The van der Waals surface area contributed by atoms with Crippen LogP contribution in [0.25, 0.3) is 11.3 Å². The van der Waals surface area contributed by atoms with E-state index in [2.05, 4.69) is 15.5 Å². The number of aromatic nitrogens is 3. The summed E-state index contributed by atoms with van der Waals surface area (Å²) in [5.74, 6) is -0.379. The number of imidazole rings is 1. The molecule has 31 heavy (non-hydrogen) atoms. The van der Waals surface area contributed by atoms with E-state index in [0.717, 1.165) is 22.6 Å². The second-order valence-electron chi connectivity index (χ2n) is 7.08. The zero-order valence-electron chi connectivity index (χ0n) is 16.9. The van der Waals surface area contributed by atoms with Crippen molar-refractivity contribution in [3.63, 3.8) is 0 Å². The number of aryl methyl sites for hydroxylation is 2. The summed E-state index contributed by atoms with van der Waals surface area (Å²) in [5, 5.41) is 5.84. The van der Waals surface area contributed by atoms with Crippen molar-refractivity contribution in [2.24, 2.45) is 5.10 Å². The Bertz CT molecular complexity index is 1350. The van der Waals surface area contributed by atoms with Crippen molar-refractivity contribution in [2.45, 2.75) is 20.8 Å². The molecule has 1 N–H and O–H groups in total. The van der Waals surface area contributed by atoms with Gasteiger partial charge in [-0.25, -0.2) is 10.4 Å². The lowest BCUT2D eigenvalue weighted by Crippen LogP contribution is -2.20. The second-order valence-corrected chi connectivity index (χ2v) is 8.36. The number of rotatable bonds is 4. The lowest BCUT2D eigenvalue weighted by Gasteiger charge is -2.12. The largest absolute Gasteiger partial charge is 0.316 e. The molecule has 0 saturated carbocycles. The van der Waals surface area contributed by atoms with Crippen LogP contribution in [0.3, 0.4) is 0 Å². The Morgan fingerprint density at radius 3 is 2.58 bits per heavy atom. The van der Waals surface area contributed by atoms with Gasteiger partial charge in [0.2, 0.25) is 0 Å². The Labute approximate surface area is 194 Å². The highest BCUT2D eigenvalue weighted by atomic mass is 35.5. The molecule has 0 fully saturated rings. The van der Waals surface area contributed by atoms with Crippen molar-refractivity contribution < 1.29 is 4.79 Å². The first kappa shape index (κ1) is 21.4. The molecule has 4 aromatic rings. The van der Waals surface area contributed by atoms with E-state index in [9.17, 15) is 4.79 Å². The third-order valence-corrected chi connectivity index (χ3v) is 5.74. The summed E-state index contributed by atoms with van der Waals surface area (Å²) >= 11 is 18.6. The first-order valence-electron chi connectivity index (χ1n) is 9.38. The highest BCUT2D eigenvalue weighted by Gasteiger charge is 2.17. The third-order valence-electron chi connectivity index (χ3n) is 4.96. The van der Waals surface area contributed by atoms with Crippen LogP contribution in [0.4, 0.5) is 0 Å². The maximum Gasteiger partial charge on any atom is 0.290 e. The van der Waals surface area contributed by atoms with E-state index in [0.29, 0.717) is 32.1 Å². The number of halogens is 3. The zero-order valence-corrected chi connectivity index (χ0v) is 19.2. The molecule has 0 radical (unpaired) electrons. The Kier molecular flexibility index (Phi) is 5.79. The molecule has 0 aliphatic carbocycles. The van der Waals surface area contributed by atoms with Crippen LogP contribution in [0.2, 0.25) is 15.1 Å². The van der Waals surface area contributed by atoms with Crippen LogP contribution < -0.4 is 5.43 Å². The van der Waals surface area contributed by atoms with Gasteiger partial charge in [-0.1, -0.05) is 34.8 Å². The molecule has 1 amide bonds. The van der Waals surface area contributed by atoms with Crippen LogP contribution >= 0.6 is 34.8 Å². The minimum absolute atomic E-state index is 0.379. The molecule has 9 heteroatoms. The van der Waals surface area contributed by atoms with Gasteiger partial charge in [0.05, 0.1) is 27.6 Å². The molecule has 0 aliphatic rings. The number of amides is 1. The van der Waals surface area contributed by atoms with Crippen molar-refractivity contribution in [2.75, 3.05) is 0 Å². The maximum absolute atomic E-state index is 12.7. The summed E-state index contributed by atoms with van der Waals surface area (Å²) in [6, 6.07) is 10.8. The summed E-state index contributed by atoms with van der Waals surface area (Å²) in [6.07, 6.45) is 3.25. The number of carbonyl (C=O) groups excluding carboxylic acids is 1. The number of carbonyl (C=O) groups is 1.